The summed E-state index contributed by atoms with van der Waals surface area (Å²) in [6.45, 7) is 5.16. The average Bonchev–Trinajstić information content (AvgIpc) is 3.29. The van der Waals surface area contributed by atoms with Crippen LogP contribution in [0.2, 0.25) is 0 Å². The smallest absolute Gasteiger partial charge is 0.244 e. The molecule has 0 radical (unpaired) electrons. The van der Waals surface area contributed by atoms with Gasteiger partial charge in [-0.25, -0.2) is 0 Å². The highest BCUT2D eigenvalue weighted by atomic mass is 16.5. The molecule has 6 heteroatoms. The maximum atomic E-state index is 12.5. The first kappa shape index (κ1) is 19.3. The highest BCUT2D eigenvalue weighted by molar-refractivity contribution is 5.76. The van der Waals surface area contributed by atoms with Gasteiger partial charge in [-0.1, -0.05) is 65.8 Å². The standard InChI is InChI=1S/C23H26N4O2/c1-18(23-24-22(25-29-23)20-10-6-3-7-11-20)26-14-16-27(17-15-26)21(28)13-12-19-8-4-2-5-9-19/h2-11,18H,12-17H2,1H3/t18-/m1/s1. The lowest BCUT2D eigenvalue weighted by Gasteiger charge is -2.36. The van der Waals surface area contributed by atoms with E-state index in [1.165, 1.54) is 5.56 Å². The third kappa shape index (κ3) is 4.71. The fraction of sp³-hybridized carbons (Fsp3) is 0.348. The van der Waals surface area contributed by atoms with E-state index in [1.807, 2.05) is 53.4 Å². The van der Waals surface area contributed by atoms with Crippen molar-refractivity contribution in [3.63, 3.8) is 0 Å². The number of carbonyl (C=O) groups excluding carboxylic acids is 1. The van der Waals surface area contributed by atoms with Crippen molar-refractivity contribution in [1.29, 1.82) is 0 Å². The van der Waals surface area contributed by atoms with Crippen LogP contribution in [0.3, 0.4) is 0 Å². The topological polar surface area (TPSA) is 62.5 Å². The number of rotatable bonds is 6. The van der Waals surface area contributed by atoms with Gasteiger partial charge in [-0.3, -0.25) is 9.69 Å². The van der Waals surface area contributed by atoms with Crippen LogP contribution in [0.5, 0.6) is 0 Å². The van der Waals surface area contributed by atoms with Gasteiger partial charge in [0, 0.05) is 38.2 Å². The fourth-order valence-corrected chi connectivity index (χ4v) is 3.68. The van der Waals surface area contributed by atoms with E-state index in [9.17, 15) is 4.79 Å². The van der Waals surface area contributed by atoms with Crippen molar-refractivity contribution >= 4 is 5.91 Å². The zero-order valence-electron chi connectivity index (χ0n) is 16.7. The maximum Gasteiger partial charge on any atom is 0.244 e. The molecule has 3 aromatic rings. The third-order valence-electron chi connectivity index (χ3n) is 5.52. The quantitative estimate of drug-likeness (QED) is 0.644. The van der Waals surface area contributed by atoms with Gasteiger partial charge in [0.25, 0.3) is 0 Å². The molecular weight excluding hydrogens is 364 g/mol. The van der Waals surface area contributed by atoms with Crippen LogP contribution in [0.25, 0.3) is 11.4 Å². The van der Waals surface area contributed by atoms with Gasteiger partial charge in [-0.2, -0.15) is 4.98 Å². The zero-order valence-corrected chi connectivity index (χ0v) is 16.7. The molecule has 2 heterocycles. The number of nitrogens with zero attached hydrogens (tertiary/aromatic N) is 4. The van der Waals surface area contributed by atoms with E-state index in [2.05, 4.69) is 34.1 Å². The minimum absolute atomic E-state index is 0.0292. The predicted molar refractivity (Wildman–Crippen MR) is 111 cm³/mol. The molecule has 6 nitrogen and oxygen atoms in total. The molecule has 1 aliphatic rings. The molecule has 1 aromatic heterocycles. The van der Waals surface area contributed by atoms with Gasteiger partial charge in [0.05, 0.1) is 6.04 Å². The molecule has 0 aliphatic carbocycles. The molecule has 0 spiro atoms. The number of hydrogen-bond donors (Lipinski definition) is 0. The average molecular weight is 390 g/mol. The highest BCUT2D eigenvalue weighted by Crippen LogP contribution is 2.23. The minimum Gasteiger partial charge on any atom is -0.340 e. The third-order valence-corrected chi connectivity index (χ3v) is 5.52. The van der Waals surface area contributed by atoms with Crippen LogP contribution in [-0.4, -0.2) is 52.0 Å². The summed E-state index contributed by atoms with van der Waals surface area (Å²) >= 11 is 0. The van der Waals surface area contributed by atoms with Crippen molar-refractivity contribution in [3.05, 3.63) is 72.1 Å². The monoisotopic (exact) mass is 390 g/mol. The molecule has 1 atom stereocenters. The first-order valence-electron chi connectivity index (χ1n) is 10.2. The minimum atomic E-state index is 0.0292. The van der Waals surface area contributed by atoms with Crippen molar-refractivity contribution in [2.24, 2.45) is 0 Å². The van der Waals surface area contributed by atoms with E-state index in [-0.39, 0.29) is 11.9 Å². The Hall–Kier alpha value is -2.99. The van der Waals surface area contributed by atoms with Gasteiger partial charge in [-0.15, -0.1) is 0 Å². The van der Waals surface area contributed by atoms with Crippen LogP contribution in [-0.2, 0) is 11.2 Å². The summed E-state index contributed by atoms with van der Waals surface area (Å²) < 4.78 is 5.51. The lowest BCUT2D eigenvalue weighted by atomic mass is 10.1. The van der Waals surface area contributed by atoms with E-state index in [0.29, 0.717) is 18.1 Å². The van der Waals surface area contributed by atoms with E-state index in [0.717, 1.165) is 38.2 Å². The number of aromatic nitrogens is 2. The van der Waals surface area contributed by atoms with E-state index in [1.54, 1.807) is 0 Å². The molecule has 0 N–H and O–H groups in total. The van der Waals surface area contributed by atoms with Gasteiger partial charge in [0.1, 0.15) is 0 Å². The van der Waals surface area contributed by atoms with Crippen LogP contribution in [0, 0.1) is 0 Å². The number of benzene rings is 2. The second-order valence-electron chi connectivity index (χ2n) is 7.40. The van der Waals surface area contributed by atoms with E-state index < -0.39 is 0 Å². The Kier molecular flexibility index (Phi) is 6.00. The summed E-state index contributed by atoms with van der Waals surface area (Å²) in [6.07, 6.45) is 1.35. The van der Waals surface area contributed by atoms with Crippen molar-refractivity contribution < 1.29 is 9.32 Å². The number of hydrogen-bond acceptors (Lipinski definition) is 5. The largest absolute Gasteiger partial charge is 0.340 e. The van der Waals surface area contributed by atoms with Crippen molar-refractivity contribution in [2.45, 2.75) is 25.8 Å². The van der Waals surface area contributed by atoms with Crippen LogP contribution >= 0.6 is 0 Å². The highest BCUT2D eigenvalue weighted by Gasteiger charge is 2.27. The Balaban J connectivity index is 1.29. The molecule has 150 valence electrons. The van der Waals surface area contributed by atoms with Gasteiger partial charge in [0.15, 0.2) is 0 Å². The van der Waals surface area contributed by atoms with E-state index >= 15 is 0 Å². The van der Waals surface area contributed by atoms with Gasteiger partial charge < -0.3 is 9.42 Å². The second kappa shape index (κ2) is 9.01. The molecule has 1 amide bonds. The summed E-state index contributed by atoms with van der Waals surface area (Å²) in [7, 11) is 0. The summed E-state index contributed by atoms with van der Waals surface area (Å²) in [5.41, 5.74) is 2.15. The Bertz CT molecular complexity index is 918. The Morgan fingerprint density at radius 1 is 1.00 bits per heavy atom. The number of piperazine rings is 1. The molecular formula is C23H26N4O2. The lowest BCUT2D eigenvalue weighted by molar-refractivity contribution is -0.133. The second-order valence-corrected chi connectivity index (χ2v) is 7.40. The predicted octanol–water partition coefficient (Wildman–Crippen LogP) is 3.57. The summed E-state index contributed by atoms with van der Waals surface area (Å²) in [6, 6.07) is 20.0. The molecule has 0 bridgehead atoms. The molecule has 1 saturated heterocycles. The Morgan fingerprint density at radius 2 is 1.66 bits per heavy atom. The van der Waals surface area contributed by atoms with Crippen LogP contribution in [0.1, 0.15) is 30.8 Å². The first-order valence-corrected chi connectivity index (χ1v) is 10.2. The summed E-state index contributed by atoms with van der Waals surface area (Å²) in [5, 5.41) is 4.12. The first-order chi connectivity index (χ1) is 14.2. The van der Waals surface area contributed by atoms with Crippen molar-refractivity contribution in [2.75, 3.05) is 26.2 Å². The lowest BCUT2D eigenvalue weighted by Crippen LogP contribution is -2.49. The molecule has 0 unspecified atom stereocenters. The summed E-state index contributed by atoms with van der Waals surface area (Å²) in [5.74, 6) is 1.46. The Morgan fingerprint density at radius 3 is 2.34 bits per heavy atom. The van der Waals surface area contributed by atoms with Crippen LogP contribution in [0.15, 0.2) is 65.2 Å². The molecule has 2 aromatic carbocycles. The zero-order chi connectivity index (χ0) is 20.1. The number of aryl methyl sites for hydroxylation is 1. The van der Waals surface area contributed by atoms with Gasteiger partial charge in [0.2, 0.25) is 17.6 Å². The summed E-state index contributed by atoms with van der Waals surface area (Å²) in [4.78, 5) is 21.4. The van der Waals surface area contributed by atoms with E-state index in [4.69, 9.17) is 4.52 Å². The molecule has 29 heavy (non-hydrogen) atoms. The molecule has 0 saturated carbocycles. The van der Waals surface area contributed by atoms with Crippen LogP contribution < -0.4 is 0 Å². The van der Waals surface area contributed by atoms with Gasteiger partial charge >= 0.3 is 0 Å². The SMILES string of the molecule is C[C@H](c1nc(-c2ccccc2)no1)N1CCN(C(=O)CCc2ccccc2)CC1. The fourth-order valence-electron chi connectivity index (χ4n) is 3.68. The molecule has 4 rings (SSSR count). The number of carbonyl (C=O) groups is 1. The Labute approximate surface area is 171 Å². The maximum absolute atomic E-state index is 12.5. The number of amides is 1. The van der Waals surface area contributed by atoms with Gasteiger partial charge in [-0.05, 0) is 18.9 Å². The molecule has 1 fully saturated rings. The molecule has 1 aliphatic heterocycles. The normalized spacial score (nSPS) is 16.0. The van der Waals surface area contributed by atoms with Crippen LogP contribution in [0.4, 0.5) is 0 Å². The van der Waals surface area contributed by atoms with Crippen molar-refractivity contribution in [3.8, 4) is 11.4 Å². The van der Waals surface area contributed by atoms with Crippen molar-refractivity contribution in [1.82, 2.24) is 19.9 Å².